The van der Waals surface area contributed by atoms with E-state index >= 15 is 0 Å². The number of fused-ring (bicyclic) bond motifs is 1. The third-order valence-corrected chi connectivity index (χ3v) is 4.45. The Morgan fingerprint density at radius 3 is 3.00 bits per heavy atom. The topological polar surface area (TPSA) is 87.4 Å². The summed E-state index contributed by atoms with van der Waals surface area (Å²) >= 11 is 0. The van der Waals surface area contributed by atoms with Crippen LogP contribution in [0.25, 0.3) is 10.9 Å². The number of nitrogens with one attached hydrogen (secondary N) is 1. The molecule has 1 aliphatic rings. The highest BCUT2D eigenvalue weighted by Crippen LogP contribution is 2.20. The number of benzene rings is 1. The van der Waals surface area contributed by atoms with Gasteiger partial charge in [0, 0.05) is 6.04 Å². The molecule has 124 valence electrons. The second-order valence-corrected chi connectivity index (χ2v) is 6.67. The van der Waals surface area contributed by atoms with E-state index in [9.17, 15) is 15.0 Å². The Bertz CT molecular complexity index is 741. The number of aliphatic hydroxyl groups is 2. The third-order valence-electron chi connectivity index (χ3n) is 4.45. The largest absolute Gasteiger partial charge is 0.392 e. The summed E-state index contributed by atoms with van der Waals surface area (Å²) in [4.78, 5) is 16.8. The molecule has 3 atom stereocenters. The molecule has 1 aliphatic heterocycles. The molecule has 0 bridgehead atoms. The predicted molar refractivity (Wildman–Crippen MR) is 88.3 cm³/mol. The van der Waals surface area contributed by atoms with Crippen LogP contribution in [0.3, 0.4) is 0 Å². The normalized spacial score (nSPS) is 24.5. The lowest BCUT2D eigenvalue weighted by molar-refractivity contribution is -0.00700. The van der Waals surface area contributed by atoms with Gasteiger partial charge in [-0.2, -0.15) is 0 Å². The van der Waals surface area contributed by atoms with Crippen molar-refractivity contribution in [1.82, 2.24) is 14.9 Å². The van der Waals surface area contributed by atoms with E-state index in [2.05, 4.69) is 10.3 Å². The maximum Gasteiger partial charge on any atom is 0.261 e. The molecule has 1 saturated heterocycles. The van der Waals surface area contributed by atoms with E-state index in [0.29, 0.717) is 17.3 Å². The van der Waals surface area contributed by atoms with Crippen LogP contribution in [0.15, 0.2) is 35.4 Å². The molecular formula is C17H23N3O3. The number of hydrogen-bond acceptors (Lipinski definition) is 5. The van der Waals surface area contributed by atoms with Crippen LogP contribution in [0.1, 0.15) is 26.2 Å². The Morgan fingerprint density at radius 1 is 1.43 bits per heavy atom. The zero-order valence-electron chi connectivity index (χ0n) is 13.3. The van der Waals surface area contributed by atoms with Crippen molar-refractivity contribution < 1.29 is 10.2 Å². The molecule has 6 nitrogen and oxygen atoms in total. The predicted octanol–water partition coefficient (Wildman–Crippen LogP) is 0.650. The summed E-state index contributed by atoms with van der Waals surface area (Å²) in [6, 6.07) is 7.02. The molecule has 1 fully saturated rings. The summed E-state index contributed by atoms with van der Waals surface area (Å²) in [6.45, 7) is 2.68. The molecule has 0 radical (unpaired) electrons. The molecule has 0 aliphatic carbocycles. The summed E-state index contributed by atoms with van der Waals surface area (Å²) in [7, 11) is 0. The van der Waals surface area contributed by atoms with Crippen molar-refractivity contribution in [3.63, 3.8) is 0 Å². The molecule has 0 unspecified atom stereocenters. The lowest BCUT2D eigenvalue weighted by Gasteiger charge is -2.35. The Kier molecular flexibility index (Phi) is 4.48. The van der Waals surface area contributed by atoms with Crippen LogP contribution in [0.2, 0.25) is 0 Å². The molecule has 1 aromatic heterocycles. The van der Waals surface area contributed by atoms with Crippen molar-refractivity contribution in [2.24, 2.45) is 0 Å². The Hall–Kier alpha value is -1.76. The maximum atomic E-state index is 12.5. The monoisotopic (exact) mass is 317 g/mol. The molecule has 2 aromatic rings. The molecule has 3 rings (SSSR count). The van der Waals surface area contributed by atoms with Crippen molar-refractivity contribution in [3.05, 3.63) is 40.9 Å². The lowest BCUT2D eigenvalue weighted by atomic mass is 9.89. The van der Waals surface area contributed by atoms with Gasteiger partial charge in [0.25, 0.3) is 5.56 Å². The van der Waals surface area contributed by atoms with E-state index in [-0.39, 0.29) is 18.1 Å². The number of aliphatic hydroxyl groups excluding tert-OH is 1. The van der Waals surface area contributed by atoms with Crippen molar-refractivity contribution >= 4 is 10.9 Å². The summed E-state index contributed by atoms with van der Waals surface area (Å²) in [6.07, 6.45) is 3.08. The number of para-hydroxylation sites is 1. The first kappa shape index (κ1) is 16.1. The molecular weight excluding hydrogens is 294 g/mol. The van der Waals surface area contributed by atoms with E-state index in [1.54, 1.807) is 25.1 Å². The standard InChI is InChI=1S/C17H23N3O3/c1-17(23,9-14-15(21)7-4-8-18-14)10-20-11-19-13-6-3-2-5-12(13)16(20)22/h2-3,5-6,11,14-15,18,21,23H,4,7-10H2,1H3/t14-,15+,17-/m1/s1. The summed E-state index contributed by atoms with van der Waals surface area (Å²) in [5.41, 5.74) is -0.616. The van der Waals surface area contributed by atoms with E-state index in [1.807, 2.05) is 6.07 Å². The smallest absolute Gasteiger partial charge is 0.261 e. The number of hydrogen-bond donors (Lipinski definition) is 3. The van der Waals surface area contributed by atoms with Gasteiger partial charge in [0.2, 0.25) is 0 Å². The molecule has 0 spiro atoms. The van der Waals surface area contributed by atoms with Crippen LogP contribution in [-0.2, 0) is 6.54 Å². The van der Waals surface area contributed by atoms with Crippen LogP contribution in [0, 0.1) is 0 Å². The Balaban J connectivity index is 1.80. The molecule has 0 saturated carbocycles. The third kappa shape index (κ3) is 3.60. The van der Waals surface area contributed by atoms with Gasteiger partial charge < -0.3 is 15.5 Å². The molecule has 3 N–H and O–H groups in total. The van der Waals surface area contributed by atoms with Crippen LogP contribution in [0.4, 0.5) is 0 Å². The molecule has 6 heteroatoms. The average Bonchev–Trinajstić information content (AvgIpc) is 2.52. The highest BCUT2D eigenvalue weighted by Gasteiger charge is 2.31. The SMILES string of the molecule is C[C@@](O)(C[C@H]1NCCC[C@@H]1O)Cn1cnc2ccccc2c1=O. The first-order valence-corrected chi connectivity index (χ1v) is 8.04. The van der Waals surface area contributed by atoms with Crippen LogP contribution < -0.4 is 10.9 Å². The van der Waals surface area contributed by atoms with Crippen molar-refractivity contribution in [1.29, 1.82) is 0 Å². The summed E-state index contributed by atoms with van der Waals surface area (Å²) in [5, 5.41) is 24.5. The van der Waals surface area contributed by atoms with Gasteiger partial charge in [-0.3, -0.25) is 9.36 Å². The van der Waals surface area contributed by atoms with Gasteiger partial charge in [0.1, 0.15) is 0 Å². The highest BCUT2D eigenvalue weighted by molar-refractivity contribution is 5.76. The number of piperidine rings is 1. The molecule has 1 aromatic carbocycles. The van der Waals surface area contributed by atoms with Crippen LogP contribution in [-0.4, -0.2) is 44.1 Å². The second-order valence-electron chi connectivity index (χ2n) is 6.67. The second kappa shape index (κ2) is 6.39. The van der Waals surface area contributed by atoms with Crippen molar-refractivity contribution in [2.45, 2.75) is 50.5 Å². The molecule has 23 heavy (non-hydrogen) atoms. The minimum absolute atomic E-state index is 0.147. The van der Waals surface area contributed by atoms with Crippen LogP contribution in [0.5, 0.6) is 0 Å². The van der Waals surface area contributed by atoms with E-state index in [4.69, 9.17) is 0 Å². The van der Waals surface area contributed by atoms with Crippen molar-refractivity contribution in [3.8, 4) is 0 Å². The van der Waals surface area contributed by atoms with E-state index in [0.717, 1.165) is 19.4 Å². The molecule has 0 amide bonds. The molecule has 2 heterocycles. The number of nitrogens with zero attached hydrogens (tertiary/aromatic N) is 2. The number of aromatic nitrogens is 2. The fraction of sp³-hybridized carbons (Fsp3) is 0.529. The van der Waals surface area contributed by atoms with Gasteiger partial charge in [-0.05, 0) is 44.9 Å². The fourth-order valence-corrected chi connectivity index (χ4v) is 3.27. The summed E-state index contributed by atoms with van der Waals surface area (Å²) in [5.74, 6) is 0. The Morgan fingerprint density at radius 2 is 2.22 bits per heavy atom. The lowest BCUT2D eigenvalue weighted by Crippen LogP contribution is -2.50. The highest BCUT2D eigenvalue weighted by atomic mass is 16.3. The maximum absolute atomic E-state index is 12.5. The zero-order valence-corrected chi connectivity index (χ0v) is 13.3. The summed E-state index contributed by atoms with van der Waals surface area (Å²) < 4.78 is 1.44. The first-order chi connectivity index (χ1) is 11.0. The van der Waals surface area contributed by atoms with Gasteiger partial charge in [0.05, 0.1) is 35.5 Å². The van der Waals surface area contributed by atoms with E-state index in [1.165, 1.54) is 10.9 Å². The van der Waals surface area contributed by atoms with Gasteiger partial charge in [-0.25, -0.2) is 4.98 Å². The average molecular weight is 317 g/mol. The Labute approximate surface area is 134 Å². The minimum Gasteiger partial charge on any atom is -0.392 e. The van der Waals surface area contributed by atoms with Gasteiger partial charge in [-0.1, -0.05) is 12.1 Å². The van der Waals surface area contributed by atoms with Gasteiger partial charge in [-0.15, -0.1) is 0 Å². The van der Waals surface area contributed by atoms with Gasteiger partial charge in [0.15, 0.2) is 0 Å². The minimum atomic E-state index is -1.11. The van der Waals surface area contributed by atoms with E-state index < -0.39 is 11.7 Å². The first-order valence-electron chi connectivity index (χ1n) is 8.04. The zero-order chi connectivity index (χ0) is 16.4. The number of rotatable bonds is 4. The van der Waals surface area contributed by atoms with Gasteiger partial charge >= 0.3 is 0 Å². The van der Waals surface area contributed by atoms with Crippen molar-refractivity contribution in [2.75, 3.05) is 6.54 Å². The van der Waals surface area contributed by atoms with Crippen LogP contribution >= 0.6 is 0 Å². The fourth-order valence-electron chi connectivity index (χ4n) is 3.27. The quantitative estimate of drug-likeness (QED) is 0.771.